The van der Waals surface area contributed by atoms with Gasteiger partial charge in [0.2, 0.25) is 0 Å². The normalized spacial score (nSPS) is 10.7. The van der Waals surface area contributed by atoms with Crippen molar-refractivity contribution in [3.8, 4) is 0 Å². The number of carboxylic acids is 1. The standard InChI is InChI=1S/C16H21NO3/c1-3-11-17(12-4-2)16(20)14-8-5-13(6-9-14)7-10-15(18)19/h5-10H,3-4,11-12H2,1-2H3,(H,18,19). The van der Waals surface area contributed by atoms with E-state index in [-0.39, 0.29) is 5.91 Å². The topological polar surface area (TPSA) is 57.6 Å². The molecule has 4 nitrogen and oxygen atoms in total. The molecule has 108 valence electrons. The van der Waals surface area contributed by atoms with Gasteiger partial charge in [0, 0.05) is 24.7 Å². The maximum Gasteiger partial charge on any atom is 0.328 e. The first-order valence-corrected chi connectivity index (χ1v) is 6.88. The van der Waals surface area contributed by atoms with Crippen LogP contribution >= 0.6 is 0 Å². The van der Waals surface area contributed by atoms with Crippen LogP contribution in [0.3, 0.4) is 0 Å². The van der Waals surface area contributed by atoms with Gasteiger partial charge in [0.1, 0.15) is 0 Å². The molecule has 0 fully saturated rings. The highest BCUT2D eigenvalue weighted by Gasteiger charge is 2.13. The molecule has 0 heterocycles. The average molecular weight is 275 g/mol. The maximum atomic E-state index is 12.3. The largest absolute Gasteiger partial charge is 0.478 e. The molecule has 1 aromatic rings. The summed E-state index contributed by atoms with van der Waals surface area (Å²) >= 11 is 0. The zero-order valence-electron chi connectivity index (χ0n) is 12.0. The van der Waals surface area contributed by atoms with E-state index in [2.05, 4.69) is 13.8 Å². The van der Waals surface area contributed by atoms with Gasteiger partial charge in [-0.05, 0) is 36.6 Å². The summed E-state index contributed by atoms with van der Waals surface area (Å²) in [6.07, 6.45) is 4.46. The van der Waals surface area contributed by atoms with Crippen molar-refractivity contribution in [2.24, 2.45) is 0 Å². The van der Waals surface area contributed by atoms with Crippen molar-refractivity contribution in [3.63, 3.8) is 0 Å². The van der Waals surface area contributed by atoms with Crippen molar-refractivity contribution >= 4 is 18.0 Å². The lowest BCUT2D eigenvalue weighted by Gasteiger charge is -2.21. The molecule has 1 amide bonds. The molecule has 20 heavy (non-hydrogen) atoms. The van der Waals surface area contributed by atoms with E-state index in [0.717, 1.165) is 37.6 Å². The fourth-order valence-corrected chi connectivity index (χ4v) is 1.94. The summed E-state index contributed by atoms with van der Waals surface area (Å²) in [5, 5.41) is 8.56. The van der Waals surface area contributed by atoms with Crippen molar-refractivity contribution in [2.45, 2.75) is 26.7 Å². The highest BCUT2D eigenvalue weighted by molar-refractivity contribution is 5.94. The second kappa shape index (κ2) is 8.15. The third kappa shape index (κ3) is 4.88. The molecule has 0 aliphatic carbocycles. The number of rotatable bonds is 7. The van der Waals surface area contributed by atoms with E-state index in [1.54, 1.807) is 24.3 Å². The summed E-state index contributed by atoms with van der Waals surface area (Å²) in [4.78, 5) is 24.6. The van der Waals surface area contributed by atoms with E-state index in [4.69, 9.17) is 5.11 Å². The van der Waals surface area contributed by atoms with Crippen molar-refractivity contribution in [1.29, 1.82) is 0 Å². The molecular formula is C16H21NO3. The minimum absolute atomic E-state index is 0.0301. The minimum atomic E-state index is -0.984. The lowest BCUT2D eigenvalue weighted by molar-refractivity contribution is -0.131. The molecule has 1 N–H and O–H groups in total. The van der Waals surface area contributed by atoms with Crippen molar-refractivity contribution in [2.75, 3.05) is 13.1 Å². The van der Waals surface area contributed by atoms with Gasteiger partial charge in [-0.3, -0.25) is 4.79 Å². The SMILES string of the molecule is CCCN(CCC)C(=O)c1ccc(C=CC(=O)O)cc1. The number of carbonyl (C=O) groups excluding carboxylic acids is 1. The number of hydrogen-bond acceptors (Lipinski definition) is 2. The van der Waals surface area contributed by atoms with E-state index in [9.17, 15) is 9.59 Å². The Labute approximate surface area is 119 Å². The molecule has 0 spiro atoms. The first-order chi connectivity index (χ1) is 9.58. The van der Waals surface area contributed by atoms with Crippen LogP contribution in [0.4, 0.5) is 0 Å². The van der Waals surface area contributed by atoms with Gasteiger partial charge < -0.3 is 10.0 Å². The van der Waals surface area contributed by atoms with Gasteiger partial charge in [0.05, 0.1) is 0 Å². The monoisotopic (exact) mass is 275 g/mol. The number of nitrogens with zero attached hydrogens (tertiary/aromatic N) is 1. The number of aliphatic carboxylic acids is 1. The molecule has 0 unspecified atom stereocenters. The molecule has 0 atom stereocenters. The van der Waals surface area contributed by atoms with Crippen LogP contribution in [0.5, 0.6) is 0 Å². The Balaban J connectivity index is 2.80. The third-order valence-corrected chi connectivity index (χ3v) is 2.85. The fraction of sp³-hybridized carbons (Fsp3) is 0.375. The fourth-order valence-electron chi connectivity index (χ4n) is 1.94. The quantitative estimate of drug-likeness (QED) is 0.778. The van der Waals surface area contributed by atoms with Crippen molar-refractivity contribution < 1.29 is 14.7 Å². The van der Waals surface area contributed by atoms with Gasteiger partial charge in [0.15, 0.2) is 0 Å². The van der Waals surface area contributed by atoms with Crippen LogP contribution in [0.2, 0.25) is 0 Å². The van der Waals surface area contributed by atoms with Crippen LogP contribution < -0.4 is 0 Å². The summed E-state index contributed by atoms with van der Waals surface area (Å²) in [6.45, 7) is 5.62. The van der Waals surface area contributed by atoms with Crippen LogP contribution in [0, 0.1) is 0 Å². The van der Waals surface area contributed by atoms with E-state index >= 15 is 0 Å². The molecule has 0 aliphatic heterocycles. The first-order valence-electron chi connectivity index (χ1n) is 6.88. The van der Waals surface area contributed by atoms with Crippen molar-refractivity contribution in [3.05, 3.63) is 41.5 Å². The number of hydrogen-bond donors (Lipinski definition) is 1. The number of benzene rings is 1. The Morgan fingerprint density at radius 3 is 2.10 bits per heavy atom. The zero-order chi connectivity index (χ0) is 15.0. The molecule has 1 rings (SSSR count). The van der Waals surface area contributed by atoms with Gasteiger partial charge in [-0.25, -0.2) is 4.79 Å². The van der Waals surface area contributed by atoms with Crippen LogP contribution in [-0.2, 0) is 4.79 Å². The Morgan fingerprint density at radius 2 is 1.65 bits per heavy atom. The highest BCUT2D eigenvalue weighted by atomic mass is 16.4. The number of carbonyl (C=O) groups is 2. The molecule has 4 heteroatoms. The van der Waals surface area contributed by atoms with Gasteiger partial charge in [-0.1, -0.05) is 26.0 Å². The van der Waals surface area contributed by atoms with E-state index in [0.29, 0.717) is 5.56 Å². The number of carboxylic acid groups (broad SMARTS) is 1. The van der Waals surface area contributed by atoms with Crippen LogP contribution in [0.15, 0.2) is 30.3 Å². The maximum absolute atomic E-state index is 12.3. The average Bonchev–Trinajstić information content (AvgIpc) is 2.44. The molecule has 0 radical (unpaired) electrons. The smallest absolute Gasteiger partial charge is 0.328 e. The Kier molecular flexibility index (Phi) is 6.50. The summed E-state index contributed by atoms with van der Waals surface area (Å²) < 4.78 is 0. The minimum Gasteiger partial charge on any atom is -0.478 e. The Bertz CT molecular complexity index is 471. The second-order valence-corrected chi connectivity index (χ2v) is 4.59. The summed E-state index contributed by atoms with van der Waals surface area (Å²) in [5.41, 5.74) is 1.40. The second-order valence-electron chi connectivity index (χ2n) is 4.59. The molecular weight excluding hydrogens is 254 g/mol. The zero-order valence-corrected chi connectivity index (χ0v) is 12.0. The predicted octanol–water partition coefficient (Wildman–Crippen LogP) is 3.05. The summed E-state index contributed by atoms with van der Waals surface area (Å²) in [6, 6.07) is 6.98. The molecule has 1 aromatic carbocycles. The predicted molar refractivity (Wildman–Crippen MR) is 79.6 cm³/mol. The molecule has 0 saturated heterocycles. The van der Waals surface area contributed by atoms with Crippen LogP contribution in [0.1, 0.15) is 42.6 Å². The van der Waals surface area contributed by atoms with E-state index < -0.39 is 5.97 Å². The third-order valence-electron chi connectivity index (χ3n) is 2.85. The number of amides is 1. The Morgan fingerprint density at radius 1 is 1.10 bits per heavy atom. The van der Waals surface area contributed by atoms with Gasteiger partial charge in [-0.15, -0.1) is 0 Å². The molecule has 0 aromatic heterocycles. The highest BCUT2D eigenvalue weighted by Crippen LogP contribution is 2.10. The van der Waals surface area contributed by atoms with Gasteiger partial charge in [0.25, 0.3) is 5.91 Å². The summed E-state index contributed by atoms with van der Waals surface area (Å²) in [7, 11) is 0. The van der Waals surface area contributed by atoms with Crippen LogP contribution in [-0.4, -0.2) is 35.0 Å². The lowest BCUT2D eigenvalue weighted by atomic mass is 10.1. The van der Waals surface area contributed by atoms with Crippen molar-refractivity contribution in [1.82, 2.24) is 4.90 Å². The van der Waals surface area contributed by atoms with E-state index in [1.165, 1.54) is 6.08 Å². The van der Waals surface area contributed by atoms with Crippen LogP contribution in [0.25, 0.3) is 6.08 Å². The Hall–Kier alpha value is -2.10. The summed E-state index contributed by atoms with van der Waals surface area (Å²) in [5.74, 6) is -0.954. The molecule has 0 bridgehead atoms. The first kappa shape index (κ1) is 16.0. The molecule has 0 aliphatic rings. The van der Waals surface area contributed by atoms with E-state index in [1.807, 2.05) is 4.90 Å². The van der Waals surface area contributed by atoms with Gasteiger partial charge in [-0.2, -0.15) is 0 Å². The molecule has 0 saturated carbocycles. The van der Waals surface area contributed by atoms with Gasteiger partial charge >= 0.3 is 5.97 Å². The lowest BCUT2D eigenvalue weighted by Crippen LogP contribution is -2.32.